The second kappa shape index (κ2) is 6.15. The molecule has 5 heteroatoms. The molecule has 1 aromatic rings. The van der Waals surface area contributed by atoms with E-state index in [4.69, 9.17) is 9.47 Å². The summed E-state index contributed by atoms with van der Waals surface area (Å²) in [5.41, 5.74) is 0. The van der Waals surface area contributed by atoms with E-state index in [1.54, 1.807) is 18.1 Å². The summed E-state index contributed by atoms with van der Waals surface area (Å²) < 4.78 is 12.9. The third kappa shape index (κ3) is 3.85. The van der Waals surface area contributed by atoms with Crippen molar-refractivity contribution >= 4 is 11.9 Å². The monoisotopic (exact) mass is 228 g/mol. The first-order valence-electron chi connectivity index (χ1n) is 5.31. The van der Waals surface area contributed by atoms with Crippen molar-refractivity contribution in [2.24, 2.45) is 0 Å². The molecule has 1 fully saturated rings. The van der Waals surface area contributed by atoms with Gasteiger partial charge < -0.3 is 9.47 Å². The lowest BCUT2D eigenvalue weighted by atomic mass is 10.2. The molecule has 0 bridgehead atoms. The molecule has 84 valence electrons. The Morgan fingerprint density at radius 3 is 3.27 bits per heavy atom. The summed E-state index contributed by atoms with van der Waals surface area (Å²) in [4.78, 5) is 0. The number of nitrogens with zero attached hydrogens (tertiary/aromatic N) is 2. The molecule has 1 unspecified atom stereocenters. The van der Waals surface area contributed by atoms with E-state index in [1.165, 1.54) is 12.8 Å². The van der Waals surface area contributed by atoms with Crippen molar-refractivity contribution in [1.29, 1.82) is 0 Å². The molecule has 0 spiro atoms. The summed E-state index contributed by atoms with van der Waals surface area (Å²) in [6.07, 6.45) is 7.16. The van der Waals surface area contributed by atoms with Crippen LogP contribution in [0.3, 0.4) is 0 Å². The summed E-state index contributed by atoms with van der Waals surface area (Å²) in [7, 11) is 0. The van der Waals surface area contributed by atoms with Crippen LogP contribution >= 0.6 is 11.9 Å². The lowest BCUT2D eigenvalue weighted by Gasteiger charge is -2.22. The van der Waals surface area contributed by atoms with Gasteiger partial charge in [0, 0.05) is 24.8 Å². The van der Waals surface area contributed by atoms with Gasteiger partial charge in [0.2, 0.25) is 0 Å². The van der Waals surface area contributed by atoms with Gasteiger partial charge in [0.1, 0.15) is 0 Å². The quantitative estimate of drug-likeness (QED) is 0.721. The van der Waals surface area contributed by atoms with E-state index in [-0.39, 0.29) is 6.29 Å². The molecule has 2 heterocycles. The third-order valence-corrected chi connectivity index (χ3v) is 3.06. The van der Waals surface area contributed by atoms with Crippen molar-refractivity contribution in [3.8, 4) is 0 Å². The Bertz CT molecular complexity index is 260. The highest BCUT2D eigenvalue weighted by atomic mass is 32.2. The normalized spacial score (nSPS) is 21.7. The van der Waals surface area contributed by atoms with Crippen molar-refractivity contribution in [3.05, 3.63) is 18.5 Å². The number of rotatable bonds is 5. The Kier molecular flexibility index (Phi) is 4.50. The molecule has 1 aliphatic rings. The Labute approximate surface area is 94.1 Å². The highest BCUT2D eigenvalue weighted by Gasteiger charge is 2.13. The molecule has 1 saturated heterocycles. The predicted octanol–water partition coefficient (Wildman–Crippen LogP) is 1.92. The van der Waals surface area contributed by atoms with Crippen LogP contribution in [0.25, 0.3) is 0 Å². The van der Waals surface area contributed by atoms with Crippen LogP contribution in [0.2, 0.25) is 0 Å². The van der Waals surface area contributed by atoms with Crippen LogP contribution in [-0.4, -0.2) is 34.4 Å². The van der Waals surface area contributed by atoms with Gasteiger partial charge in [-0.3, -0.25) is 0 Å². The maximum atomic E-state index is 5.60. The molecule has 1 aromatic heterocycles. The van der Waals surface area contributed by atoms with E-state index < -0.39 is 0 Å². The van der Waals surface area contributed by atoms with Gasteiger partial charge in [0.15, 0.2) is 6.29 Å². The van der Waals surface area contributed by atoms with E-state index in [1.807, 2.05) is 16.4 Å². The fraction of sp³-hybridized carbons (Fsp3) is 0.700. The van der Waals surface area contributed by atoms with Gasteiger partial charge in [-0.15, -0.1) is 0 Å². The van der Waals surface area contributed by atoms with Gasteiger partial charge in [0.05, 0.1) is 6.61 Å². The van der Waals surface area contributed by atoms with Crippen molar-refractivity contribution in [1.82, 2.24) is 9.19 Å². The summed E-state index contributed by atoms with van der Waals surface area (Å²) in [6, 6.07) is 1.91. The van der Waals surface area contributed by atoms with Gasteiger partial charge in [0.25, 0.3) is 0 Å². The molecule has 0 aromatic carbocycles. The Morgan fingerprint density at radius 1 is 1.53 bits per heavy atom. The standard InChI is InChI=1S/C10H16N2O2S/c1-2-7-13-10(4-1)14-8-9-15-12-6-3-5-11-12/h3,5-6,10H,1-2,4,7-9H2. The van der Waals surface area contributed by atoms with Gasteiger partial charge >= 0.3 is 0 Å². The van der Waals surface area contributed by atoms with Crippen LogP contribution in [-0.2, 0) is 9.47 Å². The SMILES string of the molecule is c1cnn(SCCOC2CCCCO2)c1. The number of hydrogen-bond acceptors (Lipinski definition) is 4. The molecule has 0 amide bonds. The number of hydrogen-bond donors (Lipinski definition) is 0. The van der Waals surface area contributed by atoms with Crippen LogP contribution in [0.1, 0.15) is 19.3 Å². The van der Waals surface area contributed by atoms with E-state index in [0.29, 0.717) is 0 Å². The summed E-state index contributed by atoms with van der Waals surface area (Å²) in [5.74, 6) is 0.904. The molecule has 0 radical (unpaired) electrons. The second-order valence-corrected chi connectivity index (χ2v) is 4.45. The first kappa shape index (κ1) is 11.0. The molecule has 0 aliphatic carbocycles. The topological polar surface area (TPSA) is 36.3 Å². The summed E-state index contributed by atoms with van der Waals surface area (Å²) in [5, 5.41) is 4.09. The minimum Gasteiger partial charge on any atom is -0.353 e. The maximum Gasteiger partial charge on any atom is 0.157 e. The lowest BCUT2D eigenvalue weighted by molar-refractivity contribution is -0.158. The van der Waals surface area contributed by atoms with E-state index in [2.05, 4.69) is 5.10 Å². The Hall–Kier alpha value is -0.520. The predicted molar refractivity (Wildman–Crippen MR) is 59.6 cm³/mol. The number of ether oxygens (including phenoxy) is 2. The van der Waals surface area contributed by atoms with E-state index in [9.17, 15) is 0 Å². The highest BCUT2D eigenvalue weighted by molar-refractivity contribution is 7.97. The van der Waals surface area contributed by atoms with E-state index >= 15 is 0 Å². The van der Waals surface area contributed by atoms with Crippen molar-refractivity contribution in [2.75, 3.05) is 19.0 Å². The van der Waals surface area contributed by atoms with Crippen molar-refractivity contribution in [3.63, 3.8) is 0 Å². The third-order valence-electron chi connectivity index (χ3n) is 2.23. The molecular formula is C10H16N2O2S. The minimum absolute atomic E-state index is 0.0250. The largest absolute Gasteiger partial charge is 0.353 e. The van der Waals surface area contributed by atoms with Crippen LogP contribution in [0.4, 0.5) is 0 Å². The van der Waals surface area contributed by atoms with Crippen LogP contribution in [0, 0.1) is 0 Å². The van der Waals surface area contributed by atoms with Gasteiger partial charge in [-0.05, 0) is 37.3 Å². The lowest BCUT2D eigenvalue weighted by Crippen LogP contribution is -2.23. The van der Waals surface area contributed by atoms with Crippen molar-refractivity contribution in [2.45, 2.75) is 25.6 Å². The fourth-order valence-electron chi connectivity index (χ4n) is 1.48. The average molecular weight is 228 g/mol. The molecule has 15 heavy (non-hydrogen) atoms. The molecule has 0 N–H and O–H groups in total. The molecular weight excluding hydrogens is 212 g/mol. The zero-order valence-corrected chi connectivity index (χ0v) is 9.49. The van der Waals surface area contributed by atoms with Crippen LogP contribution in [0.15, 0.2) is 18.5 Å². The fourth-order valence-corrected chi connectivity index (χ4v) is 2.12. The smallest absolute Gasteiger partial charge is 0.157 e. The highest BCUT2D eigenvalue weighted by Crippen LogP contribution is 2.14. The average Bonchev–Trinajstić information content (AvgIpc) is 2.79. The Balaban J connectivity index is 1.54. The zero-order chi connectivity index (χ0) is 10.3. The Morgan fingerprint density at radius 2 is 2.53 bits per heavy atom. The van der Waals surface area contributed by atoms with Crippen molar-refractivity contribution < 1.29 is 9.47 Å². The van der Waals surface area contributed by atoms with Gasteiger partial charge in [-0.1, -0.05) is 0 Å². The van der Waals surface area contributed by atoms with Gasteiger partial charge in [-0.25, -0.2) is 4.09 Å². The zero-order valence-electron chi connectivity index (χ0n) is 8.67. The van der Waals surface area contributed by atoms with Crippen LogP contribution < -0.4 is 0 Å². The molecule has 0 saturated carbocycles. The van der Waals surface area contributed by atoms with Crippen LogP contribution in [0.5, 0.6) is 0 Å². The molecule has 2 rings (SSSR count). The minimum atomic E-state index is 0.0250. The molecule has 4 nitrogen and oxygen atoms in total. The maximum absolute atomic E-state index is 5.60. The second-order valence-electron chi connectivity index (χ2n) is 3.41. The summed E-state index contributed by atoms with van der Waals surface area (Å²) in [6.45, 7) is 1.56. The molecule has 1 atom stereocenters. The first-order chi connectivity index (χ1) is 7.45. The first-order valence-corrected chi connectivity index (χ1v) is 6.25. The van der Waals surface area contributed by atoms with E-state index in [0.717, 1.165) is 25.4 Å². The molecule has 1 aliphatic heterocycles. The summed E-state index contributed by atoms with van der Waals surface area (Å²) >= 11 is 1.64. The number of aromatic nitrogens is 2. The van der Waals surface area contributed by atoms with Gasteiger partial charge in [-0.2, -0.15) is 5.10 Å².